The lowest BCUT2D eigenvalue weighted by atomic mass is 10.1. The van der Waals surface area contributed by atoms with Crippen LogP contribution in [-0.2, 0) is 6.42 Å². The van der Waals surface area contributed by atoms with Gasteiger partial charge in [0.15, 0.2) is 0 Å². The van der Waals surface area contributed by atoms with Gasteiger partial charge in [0.1, 0.15) is 12.1 Å². The summed E-state index contributed by atoms with van der Waals surface area (Å²) in [6, 6.07) is 8.18. The van der Waals surface area contributed by atoms with E-state index in [1.54, 1.807) is 0 Å². The van der Waals surface area contributed by atoms with Crippen LogP contribution in [0.25, 0.3) is 0 Å². The molecule has 0 bridgehead atoms. The fraction of sp³-hybridized carbons (Fsp3) is 0.333. The number of rotatable bonds is 0. The number of aliphatic hydroxyl groups excluding tert-OH is 1. The van der Waals surface area contributed by atoms with Gasteiger partial charge in [-0.2, -0.15) is 0 Å². The Morgan fingerprint density at radius 2 is 2.07 bits per heavy atom. The van der Waals surface area contributed by atoms with Crippen molar-refractivity contribution in [2.75, 3.05) is 0 Å². The average Bonchev–Trinajstić information content (AvgIpc) is 2.43. The van der Waals surface area contributed by atoms with Crippen LogP contribution in [0.4, 0.5) is 0 Å². The lowest BCUT2D eigenvalue weighted by molar-refractivity contribution is -0.441. The second-order valence-corrected chi connectivity index (χ2v) is 3.78. The van der Waals surface area contributed by atoms with Crippen LogP contribution in [-0.4, -0.2) is 11.2 Å². The van der Waals surface area contributed by atoms with Crippen LogP contribution in [0, 0.1) is 0 Å². The standard InChI is InChI=1S/C9H11NO.C3H6O/c10-9-7-4-2-1-3-6(7)5-8(9)11;1-3(2)4/h1-4,8-9,11H,5,10H2;4H,1H2,2H3. The highest BCUT2D eigenvalue weighted by atomic mass is 16.3. The third kappa shape index (κ3) is 3.08. The first kappa shape index (κ1) is 11.8. The van der Waals surface area contributed by atoms with Crippen LogP contribution in [0.1, 0.15) is 24.1 Å². The number of hydrogen-bond donors (Lipinski definition) is 2. The second kappa shape index (κ2) is 4.96. The summed E-state index contributed by atoms with van der Waals surface area (Å²) >= 11 is 0. The minimum Gasteiger partial charge on any atom is -0.876 e. The molecule has 2 rings (SSSR count). The van der Waals surface area contributed by atoms with E-state index < -0.39 is 0 Å². The van der Waals surface area contributed by atoms with Gasteiger partial charge in [-0.25, -0.2) is 0 Å². The van der Waals surface area contributed by atoms with Crippen LogP contribution in [0.5, 0.6) is 0 Å². The van der Waals surface area contributed by atoms with Crippen molar-refractivity contribution in [1.29, 1.82) is 0 Å². The van der Waals surface area contributed by atoms with Crippen molar-refractivity contribution in [2.24, 2.45) is 0 Å². The normalized spacial score (nSPS) is 22.6. The van der Waals surface area contributed by atoms with Gasteiger partial charge in [-0.15, -0.1) is 12.3 Å². The summed E-state index contributed by atoms with van der Waals surface area (Å²) in [5.74, 6) is -0.0833. The summed E-state index contributed by atoms with van der Waals surface area (Å²) in [5, 5.41) is 18.8. The first-order valence-electron chi connectivity index (χ1n) is 4.94. The maximum absolute atomic E-state index is 9.46. The molecule has 15 heavy (non-hydrogen) atoms. The van der Waals surface area contributed by atoms with Crippen molar-refractivity contribution in [2.45, 2.75) is 25.5 Å². The molecule has 3 heteroatoms. The zero-order valence-corrected chi connectivity index (χ0v) is 8.94. The molecule has 0 radical (unpaired) electrons. The first-order chi connectivity index (χ1) is 7.02. The van der Waals surface area contributed by atoms with Crippen molar-refractivity contribution < 1.29 is 15.9 Å². The third-order valence-corrected chi connectivity index (χ3v) is 2.35. The molecule has 1 aromatic carbocycles. The zero-order chi connectivity index (χ0) is 11.4. The summed E-state index contributed by atoms with van der Waals surface area (Å²) in [6.45, 7) is 4.42. The van der Waals surface area contributed by atoms with Crippen LogP contribution < -0.4 is 10.8 Å². The molecule has 0 aliphatic heterocycles. The predicted molar refractivity (Wildman–Crippen MR) is 56.6 cm³/mol. The van der Waals surface area contributed by atoms with E-state index in [-0.39, 0.29) is 17.9 Å². The van der Waals surface area contributed by atoms with Gasteiger partial charge in [-0.05, 0) is 5.56 Å². The van der Waals surface area contributed by atoms with Gasteiger partial charge in [0.2, 0.25) is 0 Å². The monoisotopic (exact) mass is 207 g/mol. The number of hydrogen-bond acceptors (Lipinski definition) is 2. The molecule has 0 saturated heterocycles. The minimum atomic E-state index is -0.271. The highest BCUT2D eigenvalue weighted by Gasteiger charge is 2.30. The fourth-order valence-electron chi connectivity index (χ4n) is 1.66. The minimum absolute atomic E-state index is 0.0752. The average molecular weight is 207 g/mol. The SMILES string of the molecule is C=C(C)[O-].[NH3+]C1c2ccccc2CC1O. The van der Waals surface area contributed by atoms with E-state index in [9.17, 15) is 10.2 Å². The van der Waals surface area contributed by atoms with Crippen molar-refractivity contribution in [3.05, 3.63) is 47.7 Å². The Bertz CT molecular complexity index is 345. The van der Waals surface area contributed by atoms with E-state index in [1.807, 2.05) is 18.2 Å². The highest BCUT2D eigenvalue weighted by molar-refractivity contribution is 5.34. The molecule has 0 fully saturated rings. The van der Waals surface area contributed by atoms with Crippen molar-refractivity contribution in [3.63, 3.8) is 0 Å². The van der Waals surface area contributed by atoms with Gasteiger partial charge in [-0.1, -0.05) is 31.2 Å². The molecule has 1 aromatic rings. The second-order valence-electron chi connectivity index (χ2n) is 3.78. The van der Waals surface area contributed by atoms with E-state index in [1.165, 1.54) is 18.1 Å². The zero-order valence-electron chi connectivity index (χ0n) is 8.94. The first-order valence-corrected chi connectivity index (χ1v) is 4.94. The number of benzene rings is 1. The van der Waals surface area contributed by atoms with Gasteiger partial charge >= 0.3 is 0 Å². The number of fused-ring (bicyclic) bond motifs is 1. The van der Waals surface area contributed by atoms with E-state index in [4.69, 9.17) is 0 Å². The molecule has 1 aliphatic rings. The Morgan fingerprint density at radius 1 is 1.53 bits per heavy atom. The third-order valence-electron chi connectivity index (χ3n) is 2.35. The Labute approximate surface area is 89.9 Å². The molecule has 0 amide bonds. The molecule has 0 spiro atoms. The van der Waals surface area contributed by atoms with Gasteiger partial charge < -0.3 is 15.9 Å². The highest BCUT2D eigenvalue weighted by Crippen LogP contribution is 2.27. The van der Waals surface area contributed by atoms with Crippen LogP contribution >= 0.6 is 0 Å². The molecule has 2 unspecified atom stereocenters. The number of allylic oxidation sites excluding steroid dienone is 1. The molecule has 1 aliphatic carbocycles. The summed E-state index contributed by atoms with van der Waals surface area (Å²) < 4.78 is 0. The van der Waals surface area contributed by atoms with Crippen molar-refractivity contribution in [3.8, 4) is 0 Å². The van der Waals surface area contributed by atoms with E-state index in [2.05, 4.69) is 18.4 Å². The quantitative estimate of drug-likeness (QED) is 0.577. The number of quaternary nitrogens is 1. The lowest BCUT2D eigenvalue weighted by Gasteiger charge is -2.03. The topological polar surface area (TPSA) is 70.9 Å². The predicted octanol–water partition coefficient (Wildman–Crippen LogP) is -0.233. The van der Waals surface area contributed by atoms with Crippen LogP contribution in [0.3, 0.4) is 0 Å². The number of aliphatic hydroxyl groups is 1. The lowest BCUT2D eigenvalue weighted by Crippen LogP contribution is -2.57. The van der Waals surface area contributed by atoms with Gasteiger partial charge in [0.25, 0.3) is 0 Å². The van der Waals surface area contributed by atoms with E-state index in [0.717, 1.165) is 6.42 Å². The largest absolute Gasteiger partial charge is 0.876 e. The van der Waals surface area contributed by atoms with Crippen LogP contribution in [0.2, 0.25) is 0 Å². The maximum atomic E-state index is 9.46. The molecule has 0 aromatic heterocycles. The molecular formula is C12H17NO2. The van der Waals surface area contributed by atoms with Crippen LogP contribution in [0.15, 0.2) is 36.6 Å². The van der Waals surface area contributed by atoms with E-state index in [0.29, 0.717) is 0 Å². The molecule has 2 atom stereocenters. The van der Waals surface area contributed by atoms with Gasteiger partial charge in [0.05, 0.1) is 0 Å². The Hall–Kier alpha value is -1.32. The van der Waals surface area contributed by atoms with Gasteiger partial charge in [-0.3, -0.25) is 0 Å². The Morgan fingerprint density at radius 3 is 2.60 bits per heavy atom. The Balaban J connectivity index is 0.000000245. The van der Waals surface area contributed by atoms with Crippen molar-refractivity contribution in [1.82, 2.24) is 0 Å². The Kier molecular flexibility index (Phi) is 3.88. The van der Waals surface area contributed by atoms with Gasteiger partial charge in [0, 0.05) is 12.0 Å². The molecule has 0 saturated carbocycles. The molecule has 0 heterocycles. The summed E-state index contributed by atoms with van der Waals surface area (Å²) in [7, 11) is 0. The fourth-order valence-corrected chi connectivity index (χ4v) is 1.66. The summed E-state index contributed by atoms with van der Waals surface area (Å²) in [4.78, 5) is 0. The van der Waals surface area contributed by atoms with E-state index >= 15 is 0 Å². The summed E-state index contributed by atoms with van der Waals surface area (Å²) in [6.07, 6.45) is 0.497. The molecular weight excluding hydrogens is 190 g/mol. The molecule has 4 N–H and O–H groups in total. The molecule has 3 nitrogen and oxygen atoms in total. The maximum Gasteiger partial charge on any atom is 0.137 e. The summed E-state index contributed by atoms with van der Waals surface area (Å²) in [5.41, 5.74) is 6.37. The molecule has 82 valence electrons. The van der Waals surface area contributed by atoms with Crippen molar-refractivity contribution >= 4 is 0 Å². The smallest absolute Gasteiger partial charge is 0.137 e.